The van der Waals surface area contributed by atoms with Gasteiger partial charge in [-0.05, 0) is 47.7 Å². The monoisotopic (exact) mass is 324 g/mol. The fraction of sp³-hybridized carbons (Fsp3) is 0.333. The minimum absolute atomic E-state index is 0.336. The van der Waals surface area contributed by atoms with Crippen LogP contribution in [-0.4, -0.2) is 15.5 Å². The highest BCUT2D eigenvalue weighted by atomic mass is 32.2. The van der Waals surface area contributed by atoms with Crippen LogP contribution in [-0.2, 0) is 16.6 Å². The molecule has 21 heavy (non-hydrogen) atoms. The molecule has 0 amide bonds. The highest BCUT2D eigenvalue weighted by Gasteiger charge is 2.17. The van der Waals surface area contributed by atoms with Crippen molar-refractivity contribution in [1.82, 2.24) is 5.32 Å². The zero-order chi connectivity index (χ0) is 15.5. The molecule has 1 heterocycles. The van der Waals surface area contributed by atoms with E-state index in [1.54, 1.807) is 12.1 Å². The van der Waals surface area contributed by atoms with Crippen LogP contribution >= 0.6 is 11.3 Å². The molecule has 0 spiro atoms. The summed E-state index contributed by atoms with van der Waals surface area (Å²) >= 11 is 1.24. The second-order valence-electron chi connectivity index (χ2n) is 5.19. The molecule has 0 aliphatic heterocycles. The van der Waals surface area contributed by atoms with Gasteiger partial charge >= 0.3 is 0 Å². The number of thiophene rings is 1. The zero-order valence-corrected chi connectivity index (χ0v) is 14.0. The predicted octanol–water partition coefficient (Wildman–Crippen LogP) is 3.39. The Morgan fingerprint density at radius 3 is 2.67 bits per heavy atom. The molecule has 2 N–H and O–H groups in total. The molecule has 114 valence electrons. The van der Waals surface area contributed by atoms with Crippen LogP contribution in [0.25, 0.3) is 0 Å². The van der Waals surface area contributed by atoms with Crippen LogP contribution in [0.4, 0.5) is 5.69 Å². The van der Waals surface area contributed by atoms with Crippen LogP contribution < -0.4 is 10.0 Å². The van der Waals surface area contributed by atoms with Gasteiger partial charge in [0.1, 0.15) is 4.21 Å². The molecule has 0 fully saturated rings. The highest BCUT2D eigenvalue weighted by molar-refractivity contribution is 7.94. The van der Waals surface area contributed by atoms with Crippen molar-refractivity contribution >= 4 is 27.0 Å². The van der Waals surface area contributed by atoms with E-state index in [-0.39, 0.29) is 0 Å². The van der Waals surface area contributed by atoms with Gasteiger partial charge in [0, 0.05) is 12.2 Å². The summed E-state index contributed by atoms with van der Waals surface area (Å²) in [4.78, 5) is 0. The van der Waals surface area contributed by atoms with E-state index < -0.39 is 10.0 Å². The molecule has 1 aromatic heterocycles. The SMILES string of the molecule is CNCc1csc(S(=O)(=O)Nc2cccc(C(C)C)c2)c1. The van der Waals surface area contributed by atoms with Gasteiger partial charge < -0.3 is 5.32 Å². The lowest BCUT2D eigenvalue weighted by Crippen LogP contribution is -2.12. The summed E-state index contributed by atoms with van der Waals surface area (Å²) in [6.07, 6.45) is 0. The van der Waals surface area contributed by atoms with Crippen molar-refractivity contribution in [3.8, 4) is 0 Å². The number of hydrogen-bond donors (Lipinski definition) is 2. The second-order valence-corrected chi connectivity index (χ2v) is 8.01. The summed E-state index contributed by atoms with van der Waals surface area (Å²) in [6.45, 7) is 4.82. The van der Waals surface area contributed by atoms with E-state index in [1.807, 2.05) is 30.6 Å². The van der Waals surface area contributed by atoms with Gasteiger partial charge in [-0.2, -0.15) is 0 Å². The Hall–Kier alpha value is -1.37. The van der Waals surface area contributed by atoms with Gasteiger partial charge in [0.25, 0.3) is 10.0 Å². The molecule has 4 nitrogen and oxygen atoms in total. The third kappa shape index (κ3) is 4.06. The van der Waals surface area contributed by atoms with Crippen molar-refractivity contribution in [3.05, 3.63) is 46.8 Å². The number of rotatable bonds is 6. The van der Waals surface area contributed by atoms with E-state index in [2.05, 4.69) is 23.9 Å². The van der Waals surface area contributed by atoms with Gasteiger partial charge in [0.2, 0.25) is 0 Å². The number of hydrogen-bond acceptors (Lipinski definition) is 4. The number of nitrogens with one attached hydrogen (secondary N) is 2. The molecule has 0 atom stereocenters. The van der Waals surface area contributed by atoms with Crippen LogP contribution in [0.3, 0.4) is 0 Å². The Kier molecular flexibility index (Phi) is 5.03. The van der Waals surface area contributed by atoms with Crippen LogP contribution in [0.15, 0.2) is 39.9 Å². The molecular formula is C15H20N2O2S2. The van der Waals surface area contributed by atoms with Gasteiger partial charge in [-0.25, -0.2) is 8.42 Å². The van der Waals surface area contributed by atoms with Gasteiger partial charge in [0.05, 0.1) is 0 Å². The average Bonchev–Trinajstić information content (AvgIpc) is 2.88. The van der Waals surface area contributed by atoms with Crippen molar-refractivity contribution in [2.75, 3.05) is 11.8 Å². The fourth-order valence-electron chi connectivity index (χ4n) is 1.96. The molecule has 0 unspecified atom stereocenters. The fourth-order valence-corrected chi connectivity index (χ4v) is 4.22. The number of sulfonamides is 1. The Morgan fingerprint density at radius 1 is 1.24 bits per heavy atom. The quantitative estimate of drug-likeness (QED) is 0.856. The molecule has 6 heteroatoms. The second kappa shape index (κ2) is 6.60. The first-order chi connectivity index (χ1) is 9.92. The summed E-state index contributed by atoms with van der Waals surface area (Å²) in [5.74, 6) is 0.360. The van der Waals surface area contributed by atoms with Crippen LogP contribution in [0, 0.1) is 0 Å². The minimum Gasteiger partial charge on any atom is -0.316 e. The molecule has 0 aliphatic carbocycles. The lowest BCUT2D eigenvalue weighted by atomic mass is 10.0. The minimum atomic E-state index is -3.51. The maximum absolute atomic E-state index is 12.4. The zero-order valence-electron chi connectivity index (χ0n) is 12.4. The van der Waals surface area contributed by atoms with Crippen molar-refractivity contribution < 1.29 is 8.42 Å². The summed E-state index contributed by atoms with van der Waals surface area (Å²) in [5, 5.41) is 4.87. The van der Waals surface area contributed by atoms with Crippen LogP contribution in [0.1, 0.15) is 30.9 Å². The first-order valence-corrected chi connectivity index (χ1v) is 9.13. The molecule has 0 bridgehead atoms. The van der Waals surface area contributed by atoms with Crippen molar-refractivity contribution in [3.63, 3.8) is 0 Å². The van der Waals surface area contributed by atoms with Crippen molar-refractivity contribution in [2.45, 2.75) is 30.5 Å². The lowest BCUT2D eigenvalue weighted by Gasteiger charge is -2.10. The Labute approximate surface area is 130 Å². The van der Waals surface area contributed by atoms with Gasteiger partial charge in [-0.1, -0.05) is 26.0 Å². The molecule has 2 rings (SSSR count). The third-order valence-corrected chi connectivity index (χ3v) is 5.95. The summed E-state index contributed by atoms with van der Waals surface area (Å²) < 4.78 is 27.7. The summed E-state index contributed by atoms with van der Waals surface area (Å²) in [6, 6.07) is 9.22. The lowest BCUT2D eigenvalue weighted by molar-refractivity contribution is 0.603. The topological polar surface area (TPSA) is 58.2 Å². The van der Waals surface area contributed by atoms with E-state index in [0.717, 1.165) is 11.1 Å². The number of anilines is 1. The summed E-state index contributed by atoms with van der Waals surface area (Å²) in [7, 11) is -1.68. The van der Waals surface area contributed by atoms with Crippen molar-refractivity contribution in [2.24, 2.45) is 0 Å². The van der Waals surface area contributed by atoms with E-state index in [4.69, 9.17) is 0 Å². The maximum Gasteiger partial charge on any atom is 0.271 e. The first-order valence-electron chi connectivity index (χ1n) is 6.77. The van der Waals surface area contributed by atoms with Crippen LogP contribution in [0.5, 0.6) is 0 Å². The van der Waals surface area contributed by atoms with E-state index in [9.17, 15) is 8.42 Å². The third-order valence-electron chi connectivity index (χ3n) is 3.08. The molecule has 0 saturated carbocycles. The molecule has 0 radical (unpaired) electrons. The van der Waals surface area contributed by atoms with Gasteiger partial charge in [-0.3, -0.25) is 4.72 Å². The maximum atomic E-state index is 12.4. The Morgan fingerprint density at radius 2 is 2.00 bits per heavy atom. The highest BCUT2D eigenvalue weighted by Crippen LogP contribution is 2.25. The Balaban J connectivity index is 2.22. The summed E-state index contributed by atoms with van der Waals surface area (Å²) in [5.41, 5.74) is 2.68. The van der Waals surface area contributed by atoms with E-state index in [1.165, 1.54) is 11.3 Å². The first kappa shape index (κ1) is 16.0. The molecule has 1 aromatic carbocycles. The Bertz CT molecular complexity index is 706. The normalized spacial score (nSPS) is 11.8. The van der Waals surface area contributed by atoms with Gasteiger partial charge in [-0.15, -0.1) is 11.3 Å². The van der Waals surface area contributed by atoms with Crippen molar-refractivity contribution in [1.29, 1.82) is 0 Å². The smallest absolute Gasteiger partial charge is 0.271 e. The molecule has 2 aromatic rings. The number of benzene rings is 1. The van der Waals surface area contributed by atoms with Crippen LogP contribution in [0.2, 0.25) is 0 Å². The molecule has 0 saturated heterocycles. The van der Waals surface area contributed by atoms with Gasteiger partial charge in [0.15, 0.2) is 0 Å². The molecule has 0 aliphatic rings. The van der Waals surface area contributed by atoms with E-state index in [0.29, 0.717) is 22.4 Å². The standard InChI is InChI=1S/C15H20N2O2S2/c1-11(2)13-5-4-6-14(8-13)17-21(18,19)15-7-12(9-16-3)10-20-15/h4-8,10-11,16-17H,9H2,1-3H3. The largest absolute Gasteiger partial charge is 0.316 e. The average molecular weight is 324 g/mol. The molecular weight excluding hydrogens is 304 g/mol. The van der Waals surface area contributed by atoms with E-state index >= 15 is 0 Å². The predicted molar refractivity (Wildman–Crippen MR) is 88.4 cm³/mol.